The molecule has 0 aliphatic carbocycles. The number of rotatable bonds is 3. The summed E-state index contributed by atoms with van der Waals surface area (Å²) in [5, 5.41) is 13.5. The van der Waals surface area contributed by atoms with E-state index in [4.69, 9.17) is 4.74 Å². The highest BCUT2D eigenvalue weighted by atomic mass is 16.5. The predicted octanol–water partition coefficient (Wildman–Crippen LogP) is 2.65. The van der Waals surface area contributed by atoms with Gasteiger partial charge in [0.05, 0.1) is 17.7 Å². The third-order valence-electron chi connectivity index (χ3n) is 4.33. The second kappa shape index (κ2) is 5.19. The lowest BCUT2D eigenvalue weighted by atomic mass is 9.91. The van der Waals surface area contributed by atoms with Crippen molar-refractivity contribution < 1.29 is 14.6 Å². The van der Waals surface area contributed by atoms with Crippen molar-refractivity contribution in [1.82, 2.24) is 0 Å². The van der Waals surface area contributed by atoms with Crippen molar-refractivity contribution in [3.05, 3.63) is 28.8 Å². The van der Waals surface area contributed by atoms with Gasteiger partial charge in [0.25, 0.3) is 0 Å². The molecule has 0 saturated carbocycles. The number of carbonyl (C=O) groups excluding carboxylic acids is 1. The first kappa shape index (κ1) is 13.6. The monoisotopic (exact) mass is 275 g/mol. The molecule has 20 heavy (non-hydrogen) atoms. The Morgan fingerprint density at radius 2 is 2.30 bits per heavy atom. The maximum Gasteiger partial charge on any atom is 0.232 e. The molecule has 1 aromatic carbocycles. The normalized spacial score (nSPS) is 26.4. The van der Waals surface area contributed by atoms with Crippen LogP contribution in [0.25, 0.3) is 0 Å². The first-order valence-corrected chi connectivity index (χ1v) is 7.36. The number of benzene rings is 1. The van der Waals surface area contributed by atoms with E-state index < -0.39 is 6.10 Å². The molecule has 108 valence electrons. The Morgan fingerprint density at radius 1 is 1.50 bits per heavy atom. The van der Waals surface area contributed by atoms with E-state index in [0.29, 0.717) is 6.61 Å². The number of ether oxygens (including phenoxy) is 1. The summed E-state index contributed by atoms with van der Waals surface area (Å²) in [6.45, 7) is 4.72. The molecule has 2 N–H and O–H groups in total. The van der Waals surface area contributed by atoms with Gasteiger partial charge in [0, 0.05) is 12.2 Å². The quantitative estimate of drug-likeness (QED) is 0.891. The summed E-state index contributed by atoms with van der Waals surface area (Å²) in [6.07, 6.45) is 1.81. The largest absolute Gasteiger partial charge is 0.386 e. The summed E-state index contributed by atoms with van der Waals surface area (Å²) in [4.78, 5) is 12.0. The molecule has 0 bridgehead atoms. The molecule has 1 aromatic rings. The number of amides is 1. The van der Waals surface area contributed by atoms with E-state index in [-0.39, 0.29) is 17.9 Å². The van der Waals surface area contributed by atoms with E-state index >= 15 is 0 Å². The van der Waals surface area contributed by atoms with Gasteiger partial charge in [-0.3, -0.25) is 4.79 Å². The van der Waals surface area contributed by atoms with Crippen LogP contribution in [0.1, 0.15) is 54.9 Å². The third kappa shape index (κ3) is 2.13. The highest BCUT2D eigenvalue weighted by Gasteiger charge is 2.35. The SMILES string of the molecule is CCC1C(=O)Nc2c1cc(C)cc2C(O)C1CCCO1. The Morgan fingerprint density at radius 3 is 2.95 bits per heavy atom. The number of hydrogen-bond donors (Lipinski definition) is 2. The van der Waals surface area contributed by atoms with E-state index in [9.17, 15) is 9.90 Å². The molecule has 0 spiro atoms. The van der Waals surface area contributed by atoms with Gasteiger partial charge in [-0.1, -0.05) is 24.6 Å². The number of aliphatic hydroxyl groups excluding tert-OH is 1. The van der Waals surface area contributed by atoms with Gasteiger partial charge in [0.1, 0.15) is 6.10 Å². The molecule has 4 nitrogen and oxygen atoms in total. The van der Waals surface area contributed by atoms with Gasteiger partial charge in [0.15, 0.2) is 0 Å². The zero-order chi connectivity index (χ0) is 14.3. The zero-order valence-corrected chi connectivity index (χ0v) is 12.0. The summed E-state index contributed by atoms with van der Waals surface area (Å²) in [5.74, 6) is -0.0609. The Kier molecular flexibility index (Phi) is 3.52. The molecule has 4 heteroatoms. The van der Waals surface area contributed by atoms with Crippen molar-refractivity contribution in [2.75, 3.05) is 11.9 Å². The summed E-state index contributed by atoms with van der Waals surface area (Å²) in [7, 11) is 0. The fourth-order valence-electron chi connectivity index (χ4n) is 3.30. The van der Waals surface area contributed by atoms with E-state index in [2.05, 4.69) is 5.32 Å². The maximum atomic E-state index is 12.0. The lowest BCUT2D eigenvalue weighted by Gasteiger charge is -2.21. The van der Waals surface area contributed by atoms with E-state index in [0.717, 1.165) is 41.6 Å². The second-order valence-electron chi connectivity index (χ2n) is 5.76. The molecule has 3 unspecified atom stereocenters. The molecule has 1 fully saturated rings. The van der Waals surface area contributed by atoms with Crippen LogP contribution in [-0.2, 0) is 9.53 Å². The standard InChI is InChI=1S/C16H21NO3/c1-3-10-11-7-9(2)8-12(14(11)17-16(10)19)15(18)13-5-4-6-20-13/h7-8,10,13,15,18H,3-6H2,1-2H3,(H,17,19). The molecule has 0 aromatic heterocycles. The second-order valence-corrected chi connectivity index (χ2v) is 5.76. The zero-order valence-electron chi connectivity index (χ0n) is 12.0. The van der Waals surface area contributed by atoms with E-state index in [1.54, 1.807) is 0 Å². The van der Waals surface area contributed by atoms with Crippen molar-refractivity contribution in [1.29, 1.82) is 0 Å². The molecule has 3 rings (SSSR count). The molecule has 1 saturated heterocycles. The fourth-order valence-corrected chi connectivity index (χ4v) is 3.30. The van der Waals surface area contributed by atoms with Gasteiger partial charge in [-0.05, 0) is 31.7 Å². The summed E-state index contributed by atoms with van der Waals surface area (Å²) < 4.78 is 5.59. The van der Waals surface area contributed by atoms with Crippen LogP contribution in [0.5, 0.6) is 0 Å². The Balaban J connectivity index is 2.02. The molecule has 3 atom stereocenters. The number of fused-ring (bicyclic) bond motifs is 1. The fraction of sp³-hybridized carbons (Fsp3) is 0.562. The van der Waals surface area contributed by atoms with Crippen molar-refractivity contribution in [2.45, 2.75) is 51.2 Å². The average molecular weight is 275 g/mol. The van der Waals surface area contributed by atoms with Crippen LogP contribution in [0.4, 0.5) is 5.69 Å². The maximum absolute atomic E-state index is 12.0. The molecule has 2 aliphatic rings. The minimum atomic E-state index is -0.665. The van der Waals surface area contributed by atoms with Crippen LogP contribution in [0.3, 0.4) is 0 Å². The third-order valence-corrected chi connectivity index (χ3v) is 4.33. The lowest BCUT2D eigenvalue weighted by Crippen LogP contribution is -2.18. The first-order chi connectivity index (χ1) is 9.61. The van der Waals surface area contributed by atoms with Gasteiger partial charge in [-0.2, -0.15) is 0 Å². The van der Waals surface area contributed by atoms with Crippen molar-refractivity contribution >= 4 is 11.6 Å². The molecule has 1 amide bonds. The Labute approximate surface area is 119 Å². The van der Waals surface area contributed by atoms with Crippen LogP contribution in [0.15, 0.2) is 12.1 Å². The van der Waals surface area contributed by atoms with E-state index in [1.165, 1.54) is 0 Å². The van der Waals surface area contributed by atoms with Crippen LogP contribution >= 0.6 is 0 Å². The number of nitrogens with one attached hydrogen (secondary N) is 1. The molecular formula is C16H21NO3. The minimum Gasteiger partial charge on any atom is -0.386 e. The molecular weight excluding hydrogens is 254 g/mol. The summed E-state index contributed by atoms with van der Waals surface area (Å²) in [6, 6.07) is 4.01. The van der Waals surface area contributed by atoms with Crippen molar-refractivity contribution in [3.8, 4) is 0 Å². The highest BCUT2D eigenvalue weighted by molar-refractivity contribution is 6.03. The van der Waals surface area contributed by atoms with Crippen molar-refractivity contribution in [3.63, 3.8) is 0 Å². The van der Waals surface area contributed by atoms with Crippen LogP contribution in [-0.4, -0.2) is 23.7 Å². The number of aryl methyl sites for hydroxylation is 1. The van der Waals surface area contributed by atoms with Gasteiger partial charge in [0.2, 0.25) is 5.91 Å². The van der Waals surface area contributed by atoms with Crippen LogP contribution in [0.2, 0.25) is 0 Å². The number of aliphatic hydroxyl groups is 1. The van der Waals surface area contributed by atoms with Gasteiger partial charge >= 0.3 is 0 Å². The Bertz CT molecular complexity index is 535. The molecule has 2 aliphatic heterocycles. The predicted molar refractivity (Wildman–Crippen MR) is 76.8 cm³/mol. The minimum absolute atomic E-state index is 0.0360. The smallest absolute Gasteiger partial charge is 0.232 e. The van der Waals surface area contributed by atoms with E-state index in [1.807, 2.05) is 26.0 Å². The van der Waals surface area contributed by atoms with Crippen LogP contribution < -0.4 is 5.32 Å². The lowest BCUT2D eigenvalue weighted by molar-refractivity contribution is -0.117. The molecule has 0 radical (unpaired) electrons. The van der Waals surface area contributed by atoms with Gasteiger partial charge < -0.3 is 15.2 Å². The highest BCUT2D eigenvalue weighted by Crippen LogP contribution is 2.42. The number of anilines is 1. The topological polar surface area (TPSA) is 58.6 Å². The van der Waals surface area contributed by atoms with Crippen molar-refractivity contribution in [2.24, 2.45) is 0 Å². The summed E-state index contributed by atoms with van der Waals surface area (Å²) in [5.41, 5.74) is 3.70. The number of carbonyl (C=O) groups is 1. The summed E-state index contributed by atoms with van der Waals surface area (Å²) >= 11 is 0. The Hall–Kier alpha value is -1.39. The van der Waals surface area contributed by atoms with Crippen LogP contribution in [0, 0.1) is 6.92 Å². The van der Waals surface area contributed by atoms with Gasteiger partial charge in [-0.25, -0.2) is 0 Å². The number of hydrogen-bond acceptors (Lipinski definition) is 3. The first-order valence-electron chi connectivity index (χ1n) is 7.36. The molecule has 2 heterocycles. The average Bonchev–Trinajstić information content (AvgIpc) is 3.04. The van der Waals surface area contributed by atoms with Gasteiger partial charge in [-0.15, -0.1) is 0 Å².